The lowest BCUT2D eigenvalue weighted by atomic mass is 10.1. The Balaban J connectivity index is 1.89. The van der Waals surface area contributed by atoms with Gasteiger partial charge in [0.15, 0.2) is 11.6 Å². The van der Waals surface area contributed by atoms with Crippen molar-refractivity contribution in [1.29, 1.82) is 0 Å². The summed E-state index contributed by atoms with van der Waals surface area (Å²) >= 11 is 0. The van der Waals surface area contributed by atoms with Crippen LogP contribution in [-0.2, 0) is 0 Å². The smallest absolute Gasteiger partial charge is 0.168 e. The number of nitrogens with zero attached hydrogens (tertiary/aromatic N) is 3. The molecule has 0 aliphatic heterocycles. The first-order valence-corrected chi connectivity index (χ1v) is 9.19. The third-order valence-corrected chi connectivity index (χ3v) is 4.45. The highest BCUT2D eigenvalue weighted by molar-refractivity contribution is 5.70. The van der Waals surface area contributed by atoms with Crippen molar-refractivity contribution in [3.8, 4) is 22.8 Å². The zero-order chi connectivity index (χ0) is 18.3. The fourth-order valence-corrected chi connectivity index (χ4v) is 3.14. The van der Waals surface area contributed by atoms with Crippen molar-refractivity contribution < 1.29 is 0 Å². The maximum absolute atomic E-state index is 4.55. The van der Waals surface area contributed by atoms with Crippen LogP contribution in [0.15, 0.2) is 103 Å². The molecule has 3 aromatic rings. The number of aromatic nitrogens is 3. The van der Waals surface area contributed by atoms with Gasteiger partial charge in [0.25, 0.3) is 0 Å². The summed E-state index contributed by atoms with van der Waals surface area (Å²) in [5.41, 5.74) is 3.29. The lowest BCUT2D eigenvalue weighted by Crippen LogP contribution is -2.03. The summed E-state index contributed by atoms with van der Waals surface area (Å²) in [7, 11) is 0. The second-order valence-corrected chi connectivity index (χ2v) is 6.31. The predicted octanol–water partition coefficient (Wildman–Crippen LogP) is 5.92. The van der Waals surface area contributed by atoms with E-state index >= 15 is 0 Å². The standard InChI is InChI=1S/C24H21N3/c1-2-4-12-18-22(19-13-5-3-1)27-23(20-14-8-6-9-15-20)25-26-24(27)21-16-10-7-11-17-21/h1-12,14-18H,13,19H2/b2-1-,5-3-,12-4-,22-18-. The van der Waals surface area contributed by atoms with Crippen LogP contribution in [0.1, 0.15) is 12.8 Å². The van der Waals surface area contributed by atoms with Crippen LogP contribution in [0.2, 0.25) is 0 Å². The molecule has 1 aliphatic rings. The highest BCUT2D eigenvalue weighted by Crippen LogP contribution is 2.30. The van der Waals surface area contributed by atoms with Gasteiger partial charge < -0.3 is 0 Å². The largest absolute Gasteiger partial charge is 0.279 e. The molecule has 0 spiro atoms. The van der Waals surface area contributed by atoms with Crippen LogP contribution >= 0.6 is 0 Å². The molecule has 0 saturated heterocycles. The van der Waals surface area contributed by atoms with Crippen LogP contribution in [0.3, 0.4) is 0 Å². The summed E-state index contributed by atoms with van der Waals surface area (Å²) < 4.78 is 2.19. The molecule has 0 amide bonds. The van der Waals surface area contributed by atoms with E-state index in [0.717, 1.165) is 35.6 Å². The number of hydrogen-bond acceptors (Lipinski definition) is 2. The van der Waals surface area contributed by atoms with Gasteiger partial charge in [-0.1, -0.05) is 97.1 Å². The number of hydrogen-bond donors (Lipinski definition) is 0. The topological polar surface area (TPSA) is 30.7 Å². The Kier molecular flexibility index (Phi) is 5.21. The third-order valence-electron chi connectivity index (χ3n) is 4.45. The van der Waals surface area contributed by atoms with Gasteiger partial charge in [0.1, 0.15) is 0 Å². The summed E-state index contributed by atoms with van der Waals surface area (Å²) in [6, 6.07) is 20.5. The van der Waals surface area contributed by atoms with Gasteiger partial charge in [-0.05, 0) is 18.9 Å². The van der Waals surface area contributed by atoms with Crippen LogP contribution in [-0.4, -0.2) is 14.8 Å². The van der Waals surface area contributed by atoms with E-state index in [2.05, 4.69) is 69.4 Å². The molecule has 3 nitrogen and oxygen atoms in total. The first-order valence-electron chi connectivity index (χ1n) is 9.19. The molecule has 1 aliphatic carbocycles. The molecule has 0 bridgehead atoms. The molecule has 1 aromatic heterocycles. The number of allylic oxidation sites excluding steroid dienone is 8. The van der Waals surface area contributed by atoms with Crippen molar-refractivity contribution in [1.82, 2.24) is 14.8 Å². The maximum Gasteiger partial charge on any atom is 0.168 e. The van der Waals surface area contributed by atoms with E-state index in [1.165, 1.54) is 5.70 Å². The Morgan fingerprint density at radius 1 is 0.630 bits per heavy atom. The van der Waals surface area contributed by atoms with E-state index in [4.69, 9.17) is 0 Å². The Labute approximate surface area is 159 Å². The fraction of sp³-hybridized carbons (Fsp3) is 0.0833. The Hall–Kier alpha value is -3.46. The van der Waals surface area contributed by atoms with Crippen molar-refractivity contribution >= 4 is 5.70 Å². The molecule has 0 fully saturated rings. The van der Waals surface area contributed by atoms with Gasteiger partial charge in [-0.2, -0.15) is 0 Å². The Bertz CT molecular complexity index is 949. The van der Waals surface area contributed by atoms with Gasteiger partial charge >= 0.3 is 0 Å². The average Bonchev–Trinajstić information content (AvgIpc) is 3.18. The van der Waals surface area contributed by atoms with E-state index in [1.54, 1.807) is 0 Å². The first-order chi connectivity index (χ1) is 13.4. The minimum Gasteiger partial charge on any atom is -0.279 e. The molecular weight excluding hydrogens is 330 g/mol. The zero-order valence-electron chi connectivity index (χ0n) is 15.1. The summed E-state index contributed by atoms with van der Waals surface area (Å²) in [5.74, 6) is 1.73. The van der Waals surface area contributed by atoms with Crippen LogP contribution < -0.4 is 0 Å². The average molecular weight is 351 g/mol. The lowest BCUT2D eigenvalue weighted by molar-refractivity contribution is 0.958. The van der Waals surface area contributed by atoms with Gasteiger partial charge in [-0.15, -0.1) is 10.2 Å². The summed E-state index contributed by atoms with van der Waals surface area (Å²) in [5, 5.41) is 9.10. The van der Waals surface area contributed by atoms with Crippen LogP contribution in [0, 0.1) is 0 Å². The number of benzene rings is 2. The van der Waals surface area contributed by atoms with Crippen LogP contribution in [0.5, 0.6) is 0 Å². The second-order valence-electron chi connectivity index (χ2n) is 6.31. The molecule has 0 radical (unpaired) electrons. The molecule has 0 saturated carbocycles. The van der Waals surface area contributed by atoms with Gasteiger partial charge in [0, 0.05) is 16.8 Å². The van der Waals surface area contributed by atoms with Crippen LogP contribution in [0.25, 0.3) is 28.5 Å². The minimum atomic E-state index is 0.866. The van der Waals surface area contributed by atoms with E-state index in [1.807, 2.05) is 48.6 Å². The van der Waals surface area contributed by atoms with Crippen molar-refractivity contribution in [3.63, 3.8) is 0 Å². The van der Waals surface area contributed by atoms with E-state index < -0.39 is 0 Å². The molecule has 4 rings (SSSR count). The second kappa shape index (κ2) is 8.28. The third kappa shape index (κ3) is 3.87. The van der Waals surface area contributed by atoms with Gasteiger partial charge in [-0.25, -0.2) is 0 Å². The molecule has 3 heteroatoms. The van der Waals surface area contributed by atoms with Crippen LogP contribution in [0.4, 0.5) is 0 Å². The quantitative estimate of drug-likeness (QED) is 0.587. The van der Waals surface area contributed by atoms with Gasteiger partial charge in [-0.3, -0.25) is 4.57 Å². The van der Waals surface area contributed by atoms with Crippen molar-refractivity contribution in [2.24, 2.45) is 0 Å². The monoisotopic (exact) mass is 351 g/mol. The molecular formula is C24H21N3. The molecule has 0 unspecified atom stereocenters. The molecule has 0 N–H and O–H groups in total. The lowest BCUT2D eigenvalue weighted by Gasteiger charge is -2.14. The predicted molar refractivity (Wildman–Crippen MR) is 112 cm³/mol. The summed E-state index contributed by atoms with van der Waals surface area (Å²) in [6.07, 6.45) is 16.5. The number of rotatable bonds is 3. The zero-order valence-corrected chi connectivity index (χ0v) is 15.1. The highest BCUT2D eigenvalue weighted by atomic mass is 15.3. The minimum absolute atomic E-state index is 0.866. The molecule has 0 atom stereocenters. The van der Waals surface area contributed by atoms with Crippen molar-refractivity contribution in [2.75, 3.05) is 0 Å². The van der Waals surface area contributed by atoms with E-state index in [-0.39, 0.29) is 0 Å². The molecule has 1 heterocycles. The summed E-state index contributed by atoms with van der Waals surface area (Å²) in [6.45, 7) is 0. The van der Waals surface area contributed by atoms with Gasteiger partial charge in [0.05, 0.1) is 0 Å². The van der Waals surface area contributed by atoms with Crippen molar-refractivity contribution in [3.05, 3.63) is 103 Å². The molecule has 27 heavy (non-hydrogen) atoms. The Morgan fingerprint density at radius 3 is 1.81 bits per heavy atom. The van der Waals surface area contributed by atoms with E-state index in [0.29, 0.717) is 0 Å². The first kappa shape index (κ1) is 17.0. The SMILES string of the molecule is C1=C\C=C/CC\C(n2c(-c3ccccc3)nnc2-c2ccccc2)=C\C=C/1. The molecule has 2 aromatic carbocycles. The van der Waals surface area contributed by atoms with E-state index in [9.17, 15) is 0 Å². The highest BCUT2D eigenvalue weighted by Gasteiger charge is 2.18. The Morgan fingerprint density at radius 2 is 1.19 bits per heavy atom. The van der Waals surface area contributed by atoms with Crippen molar-refractivity contribution in [2.45, 2.75) is 12.8 Å². The van der Waals surface area contributed by atoms with Gasteiger partial charge in [0.2, 0.25) is 0 Å². The summed E-state index contributed by atoms with van der Waals surface area (Å²) in [4.78, 5) is 0. The fourth-order valence-electron chi connectivity index (χ4n) is 3.14. The normalized spacial score (nSPS) is 19.6. The molecule has 132 valence electrons. The maximum atomic E-state index is 4.55.